The monoisotopic (exact) mass is 220 g/mol. The normalized spacial score (nSPS) is 17.6. The van der Waals surface area contributed by atoms with E-state index in [4.69, 9.17) is 0 Å². The zero-order chi connectivity index (χ0) is 10.6. The van der Waals surface area contributed by atoms with Gasteiger partial charge in [-0.2, -0.15) is 4.31 Å². The summed E-state index contributed by atoms with van der Waals surface area (Å²) < 4.78 is 25.3. The van der Waals surface area contributed by atoms with Crippen molar-refractivity contribution in [3.05, 3.63) is 0 Å². The van der Waals surface area contributed by atoms with Crippen LogP contribution in [0, 0.1) is 0 Å². The van der Waals surface area contributed by atoms with E-state index < -0.39 is 10.0 Å². The molecule has 1 saturated carbocycles. The highest BCUT2D eigenvalue weighted by molar-refractivity contribution is 7.89. The highest BCUT2D eigenvalue weighted by Gasteiger charge is 2.35. The maximum absolute atomic E-state index is 11.8. The van der Waals surface area contributed by atoms with Crippen molar-refractivity contribution >= 4 is 10.0 Å². The number of hydrogen-bond donors (Lipinski definition) is 1. The first kappa shape index (κ1) is 11.9. The van der Waals surface area contributed by atoms with Crippen molar-refractivity contribution < 1.29 is 8.42 Å². The van der Waals surface area contributed by atoms with Gasteiger partial charge in [0.05, 0.1) is 5.75 Å². The molecule has 1 aliphatic rings. The molecule has 0 atom stereocenters. The fourth-order valence-electron chi connectivity index (χ4n) is 1.54. The summed E-state index contributed by atoms with van der Waals surface area (Å²) in [6, 6.07) is 0.298. The van der Waals surface area contributed by atoms with Crippen LogP contribution in [0.2, 0.25) is 0 Å². The Hall–Kier alpha value is -0.130. The average molecular weight is 220 g/mol. The van der Waals surface area contributed by atoms with Crippen LogP contribution in [0.5, 0.6) is 0 Å². The van der Waals surface area contributed by atoms with E-state index in [0.29, 0.717) is 19.1 Å². The van der Waals surface area contributed by atoms with Gasteiger partial charge >= 0.3 is 0 Å². The molecule has 5 heteroatoms. The standard InChI is InChI=1S/C9H20N2O2S/c1-3-10-7-8-14(12,13)11(4-2)9-5-6-9/h9-10H,3-8H2,1-2H3. The van der Waals surface area contributed by atoms with E-state index >= 15 is 0 Å². The minimum Gasteiger partial charge on any atom is -0.316 e. The lowest BCUT2D eigenvalue weighted by atomic mass is 10.6. The van der Waals surface area contributed by atoms with Crippen LogP contribution in [0.15, 0.2) is 0 Å². The molecule has 4 nitrogen and oxygen atoms in total. The van der Waals surface area contributed by atoms with Gasteiger partial charge in [-0.1, -0.05) is 13.8 Å². The van der Waals surface area contributed by atoms with Crippen molar-refractivity contribution in [2.45, 2.75) is 32.7 Å². The molecule has 1 N–H and O–H groups in total. The number of nitrogens with one attached hydrogen (secondary N) is 1. The van der Waals surface area contributed by atoms with E-state index in [9.17, 15) is 8.42 Å². The van der Waals surface area contributed by atoms with Gasteiger partial charge in [-0.05, 0) is 19.4 Å². The Bertz CT molecular complexity index is 260. The predicted molar refractivity (Wildman–Crippen MR) is 57.7 cm³/mol. The fraction of sp³-hybridized carbons (Fsp3) is 1.00. The van der Waals surface area contributed by atoms with Crippen molar-refractivity contribution in [3.8, 4) is 0 Å². The Morgan fingerprint density at radius 2 is 2.00 bits per heavy atom. The molecule has 0 unspecified atom stereocenters. The second-order valence-corrected chi connectivity index (χ2v) is 5.65. The Labute approximate surface area is 86.7 Å². The van der Waals surface area contributed by atoms with Crippen LogP contribution in [-0.2, 0) is 10.0 Å². The highest BCUT2D eigenvalue weighted by atomic mass is 32.2. The van der Waals surface area contributed by atoms with Crippen LogP contribution >= 0.6 is 0 Å². The van der Waals surface area contributed by atoms with E-state index in [0.717, 1.165) is 19.4 Å². The quantitative estimate of drug-likeness (QED) is 0.632. The lowest BCUT2D eigenvalue weighted by Gasteiger charge is -2.19. The molecular formula is C9H20N2O2S. The first-order valence-corrected chi connectivity index (χ1v) is 6.93. The van der Waals surface area contributed by atoms with Gasteiger partial charge in [0, 0.05) is 19.1 Å². The molecule has 0 radical (unpaired) electrons. The van der Waals surface area contributed by atoms with Gasteiger partial charge in [-0.15, -0.1) is 0 Å². The van der Waals surface area contributed by atoms with Crippen LogP contribution in [0.4, 0.5) is 0 Å². The first-order chi connectivity index (χ1) is 6.61. The van der Waals surface area contributed by atoms with Crippen molar-refractivity contribution in [1.82, 2.24) is 9.62 Å². The molecule has 0 spiro atoms. The molecule has 0 amide bonds. The summed E-state index contributed by atoms with van der Waals surface area (Å²) in [5, 5.41) is 3.04. The Kier molecular flexibility index (Phi) is 4.34. The summed E-state index contributed by atoms with van der Waals surface area (Å²) in [7, 11) is -3.01. The molecule has 0 bridgehead atoms. The maximum atomic E-state index is 11.8. The van der Waals surface area contributed by atoms with Crippen molar-refractivity contribution in [3.63, 3.8) is 0 Å². The topological polar surface area (TPSA) is 49.4 Å². The zero-order valence-electron chi connectivity index (χ0n) is 8.99. The average Bonchev–Trinajstić information content (AvgIpc) is 2.89. The third kappa shape index (κ3) is 3.22. The largest absolute Gasteiger partial charge is 0.316 e. The smallest absolute Gasteiger partial charge is 0.215 e. The van der Waals surface area contributed by atoms with Gasteiger partial charge in [0.2, 0.25) is 10.0 Å². The molecule has 1 fully saturated rings. The number of rotatable bonds is 7. The van der Waals surface area contributed by atoms with Crippen LogP contribution in [0.3, 0.4) is 0 Å². The minimum absolute atomic E-state index is 0.227. The summed E-state index contributed by atoms with van der Waals surface area (Å²) in [5.41, 5.74) is 0. The van der Waals surface area contributed by atoms with Crippen molar-refractivity contribution in [2.75, 3.05) is 25.4 Å². The van der Waals surface area contributed by atoms with E-state index in [1.165, 1.54) is 0 Å². The summed E-state index contributed by atoms with van der Waals surface area (Å²) >= 11 is 0. The van der Waals surface area contributed by atoms with E-state index in [2.05, 4.69) is 5.32 Å². The van der Waals surface area contributed by atoms with E-state index in [1.54, 1.807) is 4.31 Å². The third-order valence-electron chi connectivity index (χ3n) is 2.41. The molecule has 1 rings (SSSR count). The lowest BCUT2D eigenvalue weighted by Crippen LogP contribution is -2.37. The second-order valence-electron chi connectivity index (χ2n) is 3.60. The number of sulfonamides is 1. The molecule has 0 aromatic rings. The van der Waals surface area contributed by atoms with E-state index in [1.807, 2.05) is 13.8 Å². The second kappa shape index (κ2) is 5.09. The minimum atomic E-state index is -3.01. The first-order valence-electron chi connectivity index (χ1n) is 5.32. The van der Waals surface area contributed by atoms with Gasteiger partial charge in [0.1, 0.15) is 0 Å². The maximum Gasteiger partial charge on any atom is 0.215 e. The van der Waals surface area contributed by atoms with Gasteiger partial charge < -0.3 is 5.32 Å². The molecule has 0 heterocycles. The molecule has 0 aliphatic heterocycles. The molecular weight excluding hydrogens is 200 g/mol. The molecule has 14 heavy (non-hydrogen) atoms. The van der Waals surface area contributed by atoms with Crippen LogP contribution in [0.25, 0.3) is 0 Å². The molecule has 0 saturated heterocycles. The van der Waals surface area contributed by atoms with Crippen LogP contribution in [-0.4, -0.2) is 44.2 Å². The van der Waals surface area contributed by atoms with Gasteiger partial charge in [0.25, 0.3) is 0 Å². The van der Waals surface area contributed by atoms with Crippen molar-refractivity contribution in [1.29, 1.82) is 0 Å². The molecule has 0 aromatic carbocycles. The Morgan fingerprint density at radius 3 is 2.43 bits per heavy atom. The van der Waals surface area contributed by atoms with E-state index in [-0.39, 0.29) is 5.75 Å². The summed E-state index contributed by atoms with van der Waals surface area (Å²) in [5.74, 6) is 0.227. The third-order valence-corrected chi connectivity index (χ3v) is 4.40. The summed E-state index contributed by atoms with van der Waals surface area (Å²) in [6.07, 6.45) is 2.07. The number of hydrogen-bond acceptors (Lipinski definition) is 3. The van der Waals surface area contributed by atoms with Crippen LogP contribution < -0.4 is 5.32 Å². The number of nitrogens with zero attached hydrogens (tertiary/aromatic N) is 1. The van der Waals surface area contributed by atoms with Gasteiger partial charge in [0.15, 0.2) is 0 Å². The fourth-order valence-corrected chi connectivity index (χ4v) is 3.23. The van der Waals surface area contributed by atoms with Gasteiger partial charge in [-0.25, -0.2) is 8.42 Å². The summed E-state index contributed by atoms with van der Waals surface area (Å²) in [4.78, 5) is 0. The van der Waals surface area contributed by atoms with Crippen molar-refractivity contribution in [2.24, 2.45) is 0 Å². The summed E-state index contributed by atoms with van der Waals surface area (Å²) in [6.45, 7) is 5.88. The molecule has 0 aromatic heterocycles. The predicted octanol–water partition coefficient (Wildman–Crippen LogP) is 0.410. The molecule has 84 valence electrons. The Balaban J connectivity index is 2.44. The molecule has 1 aliphatic carbocycles. The van der Waals surface area contributed by atoms with Gasteiger partial charge in [-0.3, -0.25) is 0 Å². The highest BCUT2D eigenvalue weighted by Crippen LogP contribution is 2.28. The Morgan fingerprint density at radius 1 is 1.36 bits per heavy atom. The zero-order valence-corrected chi connectivity index (χ0v) is 9.81. The lowest BCUT2D eigenvalue weighted by molar-refractivity contribution is 0.420. The SMILES string of the molecule is CCNCCS(=O)(=O)N(CC)C1CC1. The van der Waals surface area contributed by atoms with Crippen LogP contribution in [0.1, 0.15) is 26.7 Å².